The Morgan fingerprint density at radius 1 is 1.20 bits per heavy atom. The number of hydrogen-bond donors (Lipinski definition) is 0. The molecule has 1 saturated carbocycles. The molecule has 1 saturated heterocycles. The van der Waals surface area contributed by atoms with Gasteiger partial charge in [0.15, 0.2) is 4.96 Å². The standard InChI is InChI=1S/C20H21N3OS/c24-19-15(11-21-20-23(19)8-9-25-20)6-7-22-12-16-10-17(18(16)13-22)14-4-2-1-3-5-14/h1-5,8-9,11,16-18H,6-7,10,12-13H2. The van der Waals surface area contributed by atoms with Crippen molar-refractivity contribution in [1.29, 1.82) is 0 Å². The van der Waals surface area contributed by atoms with E-state index in [-0.39, 0.29) is 5.56 Å². The van der Waals surface area contributed by atoms with Crippen LogP contribution in [0, 0.1) is 11.8 Å². The lowest BCUT2D eigenvalue weighted by Crippen LogP contribution is -2.33. The van der Waals surface area contributed by atoms with Crippen LogP contribution >= 0.6 is 11.3 Å². The van der Waals surface area contributed by atoms with Gasteiger partial charge in [0.25, 0.3) is 5.56 Å². The van der Waals surface area contributed by atoms with Crippen LogP contribution < -0.4 is 5.56 Å². The third kappa shape index (κ3) is 2.62. The van der Waals surface area contributed by atoms with E-state index >= 15 is 0 Å². The van der Waals surface area contributed by atoms with E-state index < -0.39 is 0 Å². The second-order valence-electron chi connectivity index (χ2n) is 7.33. The lowest BCUT2D eigenvalue weighted by molar-refractivity contribution is 0.191. The zero-order valence-corrected chi connectivity index (χ0v) is 14.9. The SMILES string of the molecule is O=c1c(CCN2CC3CC(c4ccccc4)C3C2)cnc2sccn12. The van der Waals surface area contributed by atoms with Crippen molar-refractivity contribution < 1.29 is 0 Å². The van der Waals surface area contributed by atoms with Crippen LogP contribution in [0.4, 0.5) is 0 Å². The Labute approximate surface area is 150 Å². The molecule has 4 nitrogen and oxygen atoms in total. The molecule has 0 amide bonds. The Hall–Kier alpha value is -1.98. The number of fused-ring (bicyclic) bond motifs is 2. The Kier molecular flexibility index (Phi) is 3.71. The second kappa shape index (κ2) is 6.07. The molecule has 0 N–H and O–H groups in total. The van der Waals surface area contributed by atoms with Crippen molar-refractivity contribution in [1.82, 2.24) is 14.3 Å². The molecule has 5 rings (SSSR count). The Bertz CT molecular complexity index is 948. The van der Waals surface area contributed by atoms with Gasteiger partial charge in [-0.1, -0.05) is 30.3 Å². The Morgan fingerprint density at radius 2 is 2.08 bits per heavy atom. The number of rotatable bonds is 4. The maximum atomic E-state index is 12.5. The number of benzene rings is 1. The largest absolute Gasteiger partial charge is 0.302 e. The number of thiazole rings is 1. The van der Waals surface area contributed by atoms with E-state index in [4.69, 9.17) is 0 Å². The highest BCUT2D eigenvalue weighted by molar-refractivity contribution is 7.15. The van der Waals surface area contributed by atoms with Crippen molar-refractivity contribution in [2.45, 2.75) is 18.8 Å². The molecule has 5 heteroatoms. The summed E-state index contributed by atoms with van der Waals surface area (Å²) in [5.41, 5.74) is 2.42. The summed E-state index contributed by atoms with van der Waals surface area (Å²) in [7, 11) is 0. The average Bonchev–Trinajstić information content (AvgIpc) is 3.22. The van der Waals surface area contributed by atoms with Gasteiger partial charge in [-0.15, -0.1) is 11.3 Å². The summed E-state index contributed by atoms with van der Waals surface area (Å²) in [5, 5.41) is 1.91. The smallest absolute Gasteiger partial charge is 0.261 e. The number of hydrogen-bond acceptors (Lipinski definition) is 4. The minimum absolute atomic E-state index is 0.0931. The molecule has 128 valence electrons. The highest BCUT2D eigenvalue weighted by Crippen LogP contribution is 2.51. The fraction of sp³-hybridized carbons (Fsp3) is 0.400. The van der Waals surface area contributed by atoms with E-state index in [1.54, 1.807) is 10.6 Å². The molecule has 3 atom stereocenters. The lowest BCUT2D eigenvalue weighted by atomic mass is 9.64. The monoisotopic (exact) mass is 351 g/mol. The van der Waals surface area contributed by atoms with Gasteiger partial charge in [-0.3, -0.25) is 9.20 Å². The van der Waals surface area contributed by atoms with Crippen LogP contribution in [-0.4, -0.2) is 33.9 Å². The third-order valence-corrected chi connectivity index (χ3v) is 6.75. The van der Waals surface area contributed by atoms with Gasteiger partial charge in [-0.05, 0) is 36.2 Å². The molecule has 1 aromatic carbocycles. The summed E-state index contributed by atoms with van der Waals surface area (Å²) in [6.07, 6.45) is 5.70. The molecule has 1 aliphatic carbocycles. The third-order valence-electron chi connectivity index (χ3n) is 5.98. The molecular formula is C20H21N3OS. The fourth-order valence-corrected chi connectivity index (χ4v) is 5.25. The van der Waals surface area contributed by atoms with Crippen molar-refractivity contribution in [3.8, 4) is 0 Å². The van der Waals surface area contributed by atoms with Gasteiger partial charge in [-0.2, -0.15) is 0 Å². The highest BCUT2D eigenvalue weighted by Gasteiger charge is 2.47. The summed E-state index contributed by atoms with van der Waals surface area (Å²) >= 11 is 1.50. The van der Waals surface area contributed by atoms with E-state index in [9.17, 15) is 4.79 Å². The first-order valence-corrected chi connectivity index (χ1v) is 9.88. The van der Waals surface area contributed by atoms with Gasteiger partial charge in [0.2, 0.25) is 0 Å². The van der Waals surface area contributed by atoms with Gasteiger partial charge in [-0.25, -0.2) is 4.98 Å². The predicted molar refractivity (Wildman–Crippen MR) is 100 cm³/mol. The topological polar surface area (TPSA) is 37.6 Å². The number of aromatic nitrogens is 2. The van der Waals surface area contributed by atoms with Crippen LogP contribution in [-0.2, 0) is 6.42 Å². The first-order chi connectivity index (χ1) is 12.3. The molecule has 0 bridgehead atoms. The zero-order chi connectivity index (χ0) is 16.8. The Balaban J connectivity index is 1.24. The van der Waals surface area contributed by atoms with Crippen molar-refractivity contribution >= 4 is 16.3 Å². The van der Waals surface area contributed by atoms with Gasteiger partial charge in [0, 0.05) is 43.0 Å². The molecule has 25 heavy (non-hydrogen) atoms. The van der Waals surface area contributed by atoms with Gasteiger partial charge < -0.3 is 4.90 Å². The molecule has 2 fully saturated rings. The van der Waals surface area contributed by atoms with Gasteiger partial charge >= 0.3 is 0 Å². The molecular weight excluding hydrogens is 330 g/mol. The maximum Gasteiger partial charge on any atom is 0.261 e. The summed E-state index contributed by atoms with van der Waals surface area (Å²) in [4.78, 5) is 20.2. The van der Waals surface area contributed by atoms with E-state index in [1.165, 1.54) is 36.4 Å². The molecule has 3 heterocycles. The number of nitrogens with zero attached hydrogens (tertiary/aromatic N) is 3. The van der Waals surface area contributed by atoms with Crippen LogP contribution in [0.2, 0.25) is 0 Å². The van der Waals surface area contributed by atoms with E-state index in [0.717, 1.165) is 41.2 Å². The van der Waals surface area contributed by atoms with E-state index in [2.05, 4.69) is 40.2 Å². The van der Waals surface area contributed by atoms with Crippen LogP contribution in [0.15, 0.2) is 52.9 Å². The Morgan fingerprint density at radius 3 is 2.96 bits per heavy atom. The van der Waals surface area contributed by atoms with Crippen LogP contribution in [0.5, 0.6) is 0 Å². The van der Waals surface area contributed by atoms with Crippen LogP contribution in [0.25, 0.3) is 4.96 Å². The first kappa shape index (κ1) is 15.3. The fourth-order valence-electron chi connectivity index (χ4n) is 4.58. The quantitative estimate of drug-likeness (QED) is 0.725. The van der Waals surface area contributed by atoms with Crippen molar-refractivity contribution in [3.05, 3.63) is 69.6 Å². The summed E-state index contributed by atoms with van der Waals surface area (Å²) in [6, 6.07) is 10.9. The molecule has 3 unspecified atom stereocenters. The van der Waals surface area contributed by atoms with Gasteiger partial charge in [0.1, 0.15) is 0 Å². The van der Waals surface area contributed by atoms with E-state index in [0.29, 0.717) is 0 Å². The number of likely N-dealkylation sites (tertiary alicyclic amines) is 1. The van der Waals surface area contributed by atoms with Crippen molar-refractivity contribution in [2.24, 2.45) is 11.8 Å². The molecule has 1 aliphatic heterocycles. The van der Waals surface area contributed by atoms with Gasteiger partial charge in [0.05, 0.1) is 0 Å². The molecule has 0 spiro atoms. The summed E-state index contributed by atoms with van der Waals surface area (Å²) in [6.45, 7) is 3.31. The molecule has 3 aromatic rings. The van der Waals surface area contributed by atoms with Crippen LogP contribution in [0.1, 0.15) is 23.5 Å². The lowest BCUT2D eigenvalue weighted by Gasteiger charge is -2.40. The predicted octanol–water partition coefficient (Wildman–Crippen LogP) is 3.03. The minimum atomic E-state index is 0.0931. The second-order valence-corrected chi connectivity index (χ2v) is 8.20. The summed E-state index contributed by atoms with van der Waals surface area (Å²) in [5.74, 6) is 2.36. The van der Waals surface area contributed by atoms with Crippen molar-refractivity contribution in [2.75, 3.05) is 19.6 Å². The maximum absolute atomic E-state index is 12.5. The average molecular weight is 351 g/mol. The highest BCUT2D eigenvalue weighted by atomic mass is 32.1. The normalized spacial score (nSPS) is 25.8. The molecule has 0 radical (unpaired) electrons. The first-order valence-electron chi connectivity index (χ1n) is 9.00. The van der Waals surface area contributed by atoms with Crippen molar-refractivity contribution in [3.63, 3.8) is 0 Å². The van der Waals surface area contributed by atoms with Crippen LogP contribution in [0.3, 0.4) is 0 Å². The molecule has 2 aliphatic rings. The van der Waals surface area contributed by atoms with E-state index in [1.807, 2.05) is 11.6 Å². The molecule has 2 aromatic heterocycles. The summed E-state index contributed by atoms with van der Waals surface area (Å²) < 4.78 is 1.67. The zero-order valence-electron chi connectivity index (χ0n) is 14.0. The minimum Gasteiger partial charge on any atom is -0.302 e.